The average Bonchev–Trinajstić information content (AvgIpc) is 2.28. The Morgan fingerprint density at radius 1 is 1.38 bits per heavy atom. The predicted molar refractivity (Wildman–Crippen MR) is 71.6 cm³/mol. The third kappa shape index (κ3) is 5.10. The van der Waals surface area contributed by atoms with Crippen LogP contribution in [-0.2, 0) is 11.3 Å². The van der Waals surface area contributed by atoms with Crippen LogP contribution in [0.2, 0.25) is 0 Å². The van der Waals surface area contributed by atoms with E-state index in [0.717, 1.165) is 23.9 Å². The van der Waals surface area contributed by atoms with Gasteiger partial charge in [-0.05, 0) is 45.0 Å². The number of hydrogen-bond donors (Lipinski definition) is 1. The van der Waals surface area contributed by atoms with Crippen LogP contribution in [0, 0.1) is 0 Å². The second kappa shape index (κ2) is 7.82. The van der Waals surface area contributed by atoms with E-state index < -0.39 is 0 Å². The van der Waals surface area contributed by atoms with Gasteiger partial charge in [0.05, 0.1) is 12.7 Å². The van der Waals surface area contributed by atoms with Crippen LogP contribution < -0.4 is 5.32 Å². The van der Waals surface area contributed by atoms with Crippen LogP contribution in [0.25, 0.3) is 0 Å². The fraction of sp³-hybridized carbons (Fsp3) is 0.538. The van der Waals surface area contributed by atoms with Gasteiger partial charge in [-0.3, -0.25) is 0 Å². The molecule has 0 saturated heterocycles. The highest BCUT2D eigenvalue weighted by Gasteiger charge is 2.04. The van der Waals surface area contributed by atoms with Crippen LogP contribution in [0.4, 0.5) is 0 Å². The Bertz CT molecular complexity index is 304. The van der Waals surface area contributed by atoms with E-state index in [1.54, 1.807) is 0 Å². The molecule has 0 aliphatic rings. The molecule has 0 radical (unpaired) electrons. The minimum Gasteiger partial charge on any atom is -0.374 e. The van der Waals surface area contributed by atoms with Crippen LogP contribution in [0.15, 0.2) is 28.7 Å². The summed E-state index contributed by atoms with van der Waals surface area (Å²) >= 11 is 3.52. The molecule has 1 atom stereocenters. The molecule has 0 aliphatic heterocycles. The quantitative estimate of drug-likeness (QED) is 0.776. The van der Waals surface area contributed by atoms with Crippen molar-refractivity contribution in [3.8, 4) is 0 Å². The predicted octanol–water partition coefficient (Wildman–Crippen LogP) is 3.35. The summed E-state index contributed by atoms with van der Waals surface area (Å²) in [5.41, 5.74) is 1.21. The maximum absolute atomic E-state index is 5.80. The van der Waals surface area contributed by atoms with E-state index in [4.69, 9.17) is 4.74 Å². The molecule has 0 spiro atoms. The summed E-state index contributed by atoms with van der Waals surface area (Å²) in [7, 11) is 1.98. The van der Waals surface area contributed by atoms with Gasteiger partial charge in [0.15, 0.2) is 0 Å². The molecule has 0 heterocycles. The van der Waals surface area contributed by atoms with E-state index in [1.165, 1.54) is 5.56 Å². The van der Waals surface area contributed by atoms with Crippen LogP contribution in [-0.4, -0.2) is 19.7 Å². The molecule has 0 bridgehead atoms. The summed E-state index contributed by atoms with van der Waals surface area (Å²) < 4.78 is 6.92. The van der Waals surface area contributed by atoms with E-state index in [-0.39, 0.29) is 0 Å². The van der Waals surface area contributed by atoms with E-state index in [1.807, 2.05) is 25.2 Å². The normalized spacial score (nSPS) is 12.7. The Hall–Kier alpha value is -0.380. The topological polar surface area (TPSA) is 21.3 Å². The van der Waals surface area contributed by atoms with Gasteiger partial charge in [0.25, 0.3) is 0 Å². The largest absolute Gasteiger partial charge is 0.374 e. The van der Waals surface area contributed by atoms with Gasteiger partial charge >= 0.3 is 0 Å². The van der Waals surface area contributed by atoms with Crippen molar-refractivity contribution in [1.29, 1.82) is 0 Å². The number of halogens is 1. The summed E-state index contributed by atoms with van der Waals surface area (Å²) in [5.74, 6) is 0. The molecule has 1 aromatic carbocycles. The van der Waals surface area contributed by atoms with Gasteiger partial charge in [-0.1, -0.05) is 34.1 Å². The summed E-state index contributed by atoms with van der Waals surface area (Å²) in [6.45, 7) is 3.87. The lowest BCUT2D eigenvalue weighted by Crippen LogP contribution is -2.13. The van der Waals surface area contributed by atoms with Crippen molar-refractivity contribution < 1.29 is 4.74 Å². The number of hydrogen-bond acceptors (Lipinski definition) is 2. The van der Waals surface area contributed by atoms with E-state index in [0.29, 0.717) is 12.7 Å². The minimum atomic E-state index is 0.320. The first-order valence-electron chi connectivity index (χ1n) is 5.73. The highest BCUT2D eigenvalue weighted by atomic mass is 79.9. The van der Waals surface area contributed by atoms with E-state index in [9.17, 15) is 0 Å². The van der Waals surface area contributed by atoms with Crippen molar-refractivity contribution >= 4 is 15.9 Å². The number of nitrogens with one attached hydrogen (secondary N) is 1. The molecule has 16 heavy (non-hydrogen) atoms. The lowest BCUT2D eigenvalue weighted by molar-refractivity contribution is 0.0461. The molecule has 1 N–H and O–H groups in total. The molecule has 1 aromatic rings. The highest BCUT2D eigenvalue weighted by Crippen LogP contribution is 2.17. The molecule has 0 aliphatic carbocycles. The standard InChI is InChI=1S/C13H20BrNO/c1-11(6-5-9-15-2)16-10-12-7-3-4-8-13(12)14/h3-4,7-8,11,15H,5-6,9-10H2,1-2H3. The molecular formula is C13H20BrNO. The van der Waals surface area contributed by atoms with E-state index in [2.05, 4.69) is 34.2 Å². The summed E-state index contributed by atoms with van der Waals surface area (Å²) in [5, 5.41) is 3.14. The molecular weight excluding hydrogens is 266 g/mol. The smallest absolute Gasteiger partial charge is 0.0731 e. The zero-order valence-corrected chi connectivity index (χ0v) is 11.6. The molecule has 3 heteroatoms. The second-order valence-electron chi connectivity index (χ2n) is 3.96. The Balaban J connectivity index is 2.26. The number of benzene rings is 1. The van der Waals surface area contributed by atoms with Gasteiger partial charge in [-0.2, -0.15) is 0 Å². The van der Waals surface area contributed by atoms with Gasteiger partial charge in [0.2, 0.25) is 0 Å². The third-order valence-electron chi connectivity index (χ3n) is 2.52. The molecule has 1 rings (SSSR count). The Morgan fingerprint density at radius 3 is 2.81 bits per heavy atom. The summed E-state index contributed by atoms with van der Waals surface area (Å²) in [6, 6.07) is 8.19. The van der Waals surface area contributed by atoms with Crippen LogP contribution in [0.3, 0.4) is 0 Å². The zero-order valence-electron chi connectivity index (χ0n) is 10.0. The molecule has 0 amide bonds. The monoisotopic (exact) mass is 285 g/mol. The lowest BCUT2D eigenvalue weighted by atomic mass is 10.2. The fourth-order valence-electron chi connectivity index (χ4n) is 1.50. The van der Waals surface area contributed by atoms with Gasteiger partial charge in [0.1, 0.15) is 0 Å². The first kappa shape index (κ1) is 13.7. The first-order valence-corrected chi connectivity index (χ1v) is 6.53. The Morgan fingerprint density at radius 2 is 2.12 bits per heavy atom. The van der Waals surface area contributed by atoms with Crippen molar-refractivity contribution in [3.63, 3.8) is 0 Å². The maximum Gasteiger partial charge on any atom is 0.0731 e. The zero-order chi connectivity index (χ0) is 11.8. The van der Waals surface area contributed by atoms with Crippen molar-refractivity contribution in [2.45, 2.75) is 32.5 Å². The SMILES string of the molecule is CNCCCC(C)OCc1ccccc1Br. The van der Waals surface area contributed by atoms with Gasteiger partial charge in [-0.15, -0.1) is 0 Å². The maximum atomic E-state index is 5.80. The lowest BCUT2D eigenvalue weighted by Gasteiger charge is -2.13. The van der Waals surface area contributed by atoms with Crippen LogP contribution in [0.1, 0.15) is 25.3 Å². The van der Waals surface area contributed by atoms with Gasteiger partial charge in [-0.25, -0.2) is 0 Å². The van der Waals surface area contributed by atoms with Crippen LogP contribution in [0.5, 0.6) is 0 Å². The Kier molecular flexibility index (Phi) is 6.69. The van der Waals surface area contributed by atoms with Crippen molar-refractivity contribution in [1.82, 2.24) is 5.32 Å². The molecule has 0 fully saturated rings. The van der Waals surface area contributed by atoms with Crippen LogP contribution >= 0.6 is 15.9 Å². The average molecular weight is 286 g/mol. The number of rotatable bonds is 7. The van der Waals surface area contributed by atoms with Crippen molar-refractivity contribution in [2.24, 2.45) is 0 Å². The van der Waals surface area contributed by atoms with Crippen molar-refractivity contribution in [2.75, 3.05) is 13.6 Å². The second-order valence-corrected chi connectivity index (χ2v) is 4.81. The fourth-order valence-corrected chi connectivity index (χ4v) is 1.90. The van der Waals surface area contributed by atoms with Crippen molar-refractivity contribution in [3.05, 3.63) is 34.3 Å². The number of ether oxygens (including phenoxy) is 1. The molecule has 2 nitrogen and oxygen atoms in total. The van der Waals surface area contributed by atoms with E-state index >= 15 is 0 Å². The minimum absolute atomic E-state index is 0.320. The Labute approximate surface area is 107 Å². The molecule has 0 saturated carbocycles. The van der Waals surface area contributed by atoms with Gasteiger partial charge < -0.3 is 10.1 Å². The summed E-state index contributed by atoms with van der Waals surface area (Å²) in [4.78, 5) is 0. The molecule has 90 valence electrons. The third-order valence-corrected chi connectivity index (χ3v) is 3.29. The highest BCUT2D eigenvalue weighted by molar-refractivity contribution is 9.10. The summed E-state index contributed by atoms with van der Waals surface area (Å²) in [6.07, 6.45) is 2.58. The van der Waals surface area contributed by atoms with Gasteiger partial charge in [0, 0.05) is 4.47 Å². The first-order chi connectivity index (χ1) is 7.74. The molecule has 0 aromatic heterocycles. The molecule has 1 unspecified atom stereocenters.